The van der Waals surface area contributed by atoms with Crippen LogP contribution in [0.4, 0.5) is 0 Å². The molecule has 2 atom stereocenters. The maximum Gasteiger partial charge on any atom is 0.243 e. The second-order valence-corrected chi connectivity index (χ2v) is 8.94. The summed E-state index contributed by atoms with van der Waals surface area (Å²) in [5.41, 5.74) is -0.347. The van der Waals surface area contributed by atoms with Crippen LogP contribution in [-0.2, 0) is 9.53 Å². The number of carbonyl (C=O) groups is 1. The third-order valence-electron chi connectivity index (χ3n) is 4.64. The number of nitrogens with one attached hydrogen (secondary N) is 3. The summed E-state index contributed by atoms with van der Waals surface area (Å²) >= 11 is 0.968. The Morgan fingerprint density at radius 2 is 1.96 bits per heavy atom. The van der Waals surface area contributed by atoms with Crippen molar-refractivity contribution < 1.29 is 14.6 Å². The molecule has 0 unspecified atom stereocenters. The molecular weight excluding hydrogens is 340 g/mol. The number of aliphatic hydroxyl groups is 1. The summed E-state index contributed by atoms with van der Waals surface area (Å²) in [4.78, 5) is 14.6. The average molecular weight is 371 g/mol. The standard InChI is InChI=1S/C17H30N4O3S/c1-17(2,3)15(18)25-16(19)20-14(23)13-8-12(22)10-21(13)9-11-4-6-24-7-5-11/h11-13,18,22H,4-10H2,1-3H3,(H2,19,20,23)/t12-,13-/m0/s1. The molecule has 7 nitrogen and oxygen atoms in total. The Morgan fingerprint density at radius 1 is 1.32 bits per heavy atom. The minimum absolute atomic E-state index is 0.0302. The maximum atomic E-state index is 12.6. The van der Waals surface area contributed by atoms with Crippen LogP contribution in [-0.4, -0.2) is 64.6 Å². The van der Waals surface area contributed by atoms with Crippen molar-refractivity contribution in [1.29, 1.82) is 10.8 Å². The molecule has 0 bridgehead atoms. The van der Waals surface area contributed by atoms with E-state index in [1.54, 1.807) is 0 Å². The smallest absolute Gasteiger partial charge is 0.243 e. The van der Waals surface area contributed by atoms with Gasteiger partial charge in [-0.1, -0.05) is 20.8 Å². The van der Waals surface area contributed by atoms with E-state index in [4.69, 9.17) is 15.6 Å². The van der Waals surface area contributed by atoms with Crippen LogP contribution in [0.5, 0.6) is 0 Å². The molecule has 2 heterocycles. The van der Waals surface area contributed by atoms with Gasteiger partial charge in [-0.25, -0.2) is 0 Å². The monoisotopic (exact) mass is 370 g/mol. The molecule has 0 aromatic heterocycles. The summed E-state index contributed by atoms with van der Waals surface area (Å²) < 4.78 is 5.38. The summed E-state index contributed by atoms with van der Waals surface area (Å²) in [5, 5.41) is 28.8. The highest BCUT2D eigenvalue weighted by atomic mass is 32.2. The largest absolute Gasteiger partial charge is 0.392 e. The number of carbonyl (C=O) groups excluding carboxylic acids is 1. The van der Waals surface area contributed by atoms with Gasteiger partial charge in [-0.15, -0.1) is 0 Å². The first-order valence-corrected chi connectivity index (χ1v) is 9.64. The lowest BCUT2D eigenvalue weighted by atomic mass is 9.99. The Bertz CT molecular complexity index is 515. The first-order chi connectivity index (χ1) is 11.7. The zero-order valence-electron chi connectivity index (χ0n) is 15.3. The number of amides is 1. The molecule has 25 heavy (non-hydrogen) atoms. The maximum absolute atomic E-state index is 12.6. The number of amidine groups is 1. The van der Waals surface area contributed by atoms with E-state index in [0.717, 1.165) is 44.4 Å². The Morgan fingerprint density at radius 3 is 2.56 bits per heavy atom. The lowest BCUT2D eigenvalue weighted by Crippen LogP contribution is -2.46. The number of aliphatic hydroxyl groups excluding tert-OH is 1. The predicted octanol–water partition coefficient (Wildman–Crippen LogP) is 1.66. The van der Waals surface area contributed by atoms with Gasteiger partial charge in [-0.2, -0.15) is 0 Å². The summed E-state index contributed by atoms with van der Waals surface area (Å²) in [6.45, 7) is 8.49. The van der Waals surface area contributed by atoms with Gasteiger partial charge in [0.1, 0.15) is 0 Å². The van der Waals surface area contributed by atoms with Crippen molar-refractivity contribution in [3.8, 4) is 0 Å². The van der Waals surface area contributed by atoms with E-state index in [0.29, 0.717) is 23.9 Å². The van der Waals surface area contributed by atoms with Gasteiger partial charge in [0, 0.05) is 31.7 Å². The van der Waals surface area contributed by atoms with Crippen LogP contribution in [0.3, 0.4) is 0 Å². The molecule has 4 N–H and O–H groups in total. The number of ether oxygens (including phenoxy) is 1. The Balaban J connectivity index is 1.89. The summed E-state index contributed by atoms with van der Waals surface area (Å²) in [6.07, 6.45) is 1.85. The van der Waals surface area contributed by atoms with Gasteiger partial charge in [0.05, 0.1) is 17.2 Å². The summed E-state index contributed by atoms with van der Waals surface area (Å²) in [6, 6.07) is -0.414. The van der Waals surface area contributed by atoms with Gasteiger partial charge in [0.25, 0.3) is 0 Å². The molecule has 2 rings (SSSR count). The van der Waals surface area contributed by atoms with E-state index in [-0.39, 0.29) is 16.5 Å². The van der Waals surface area contributed by atoms with Crippen molar-refractivity contribution in [1.82, 2.24) is 10.2 Å². The van der Waals surface area contributed by atoms with Gasteiger partial charge in [-0.05, 0) is 36.9 Å². The minimum Gasteiger partial charge on any atom is -0.392 e. The quantitative estimate of drug-likeness (QED) is 0.446. The molecule has 0 spiro atoms. The number of nitrogens with zero attached hydrogens (tertiary/aromatic N) is 1. The fourth-order valence-electron chi connectivity index (χ4n) is 3.09. The van der Waals surface area contributed by atoms with E-state index in [1.807, 2.05) is 25.7 Å². The number of likely N-dealkylation sites (tertiary alicyclic amines) is 1. The van der Waals surface area contributed by atoms with Crippen molar-refractivity contribution in [2.75, 3.05) is 26.3 Å². The molecule has 0 aromatic rings. The van der Waals surface area contributed by atoms with Crippen molar-refractivity contribution in [2.24, 2.45) is 11.3 Å². The molecule has 0 radical (unpaired) electrons. The molecule has 8 heteroatoms. The lowest BCUT2D eigenvalue weighted by molar-refractivity contribution is -0.124. The van der Waals surface area contributed by atoms with E-state index >= 15 is 0 Å². The van der Waals surface area contributed by atoms with Crippen LogP contribution in [0.15, 0.2) is 0 Å². The molecule has 0 aromatic carbocycles. The molecule has 142 valence electrons. The molecule has 2 fully saturated rings. The van der Waals surface area contributed by atoms with E-state index < -0.39 is 12.1 Å². The molecular formula is C17H30N4O3S. The van der Waals surface area contributed by atoms with Crippen molar-refractivity contribution in [2.45, 2.75) is 52.2 Å². The molecule has 1 amide bonds. The highest BCUT2D eigenvalue weighted by molar-refractivity contribution is 8.26. The number of hydrogen-bond acceptors (Lipinski definition) is 7. The van der Waals surface area contributed by atoms with Gasteiger partial charge >= 0.3 is 0 Å². The van der Waals surface area contributed by atoms with Crippen molar-refractivity contribution in [3.05, 3.63) is 0 Å². The Hall–Kier alpha value is -0.960. The lowest BCUT2D eigenvalue weighted by Gasteiger charge is -2.30. The second kappa shape index (κ2) is 8.62. The van der Waals surface area contributed by atoms with Crippen LogP contribution >= 0.6 is 11.8 Å². The van der Waals surface area contributed by atoms with Gasteiger partial charge in [0.2, 0.25) is 5.91 Å². The molecule has 2 saturated heterocycles. The zero-order valence-corrected chi connectivity index (χ0v) is 16.1. The Kier molecular flexibility index (Phi) is 7.01. The van der Waals surface area contributed by atoms with Crippen LogP contribution < -0.4 is 5.32 Å². The molecule has 0 saturated carbocycles. The van der Waals surface area contributed by atoms with Crippen LogP contribution in [0.2, 0.25) is 0 Å². The highest BCUT2D eigenvalue weighted by Crippen LogP contribution is 2.25. The highest BCUT2D eigenvalue weighted by Gasteiger charge is 2.37. The third-order valence-corrected chi connectivity index (χ3v) is 5.76. The van der Waals surface area contributed by atoms with Crippen LogP contribution in [0, 0.1) is 22.2 Å². The SMILES string of the molecule is CC(C)(C)C(=N)SC(=N)NC(=O)[C@@H]1C[C@H](O)CN1CC1CCOCC1. The zero-order chi connectivity index (χ0) is 18.6. The van der Waals surface area contributed by atoms with Gasteiger partial charge < -0.3 is 15.2 Å². The molecule has 2 aliphatic heterocycles. The normalized spacial score (nSPS) is 25.8. The fourth-order valence-corrected chi connectivity index (χ4v) is 3.75. The Labute approximate surface area is 153 Å². The number of thioether (sulfide) groups is 1. The number of rotatable bonds is 3. The minimum atomic E-state index is -0.509. The van der Waals surface area contributed by atoms with E-state index in [1.165, 1.54) is 0 Å². The summed E-state index contributed by atoms with van der Waals surface area (Å²) in [7, 11) is 0. The van der Waals surface area contributed by atoms with Crippen LogP contribution in [0.1, 0.15) is 40.0 Å². The van der Waals surface area contributed by atoms with Crippen LogP contribution in [0.25, 0.3) is 0 Å². The van der Waals surface area contributed by atoms with Crippen molar-refractivity contribution >= 4 is 27.9 Å². The summed E-state index contributed by atoms with van der Waals surface area (Å²) in [5.74, 6) is 0.222. The van der Waals surface area contributed by atoms with E-state index in [2.05, 4.69) is 5.32 Å². The molecule has 0 aliphatic carbocycles. The molecule has 2 aliphatic rings. The first-order valence-electron chi connectivity index (χ1n) is 8.83. The second-order valence-electron chi connectivity index (χ2n) is 7.91. The van der Waals surface area contributed by atoms with Crippen molar-refractivity contribution in [3.63, 3.8) is 0 Å². The number of hydrogen-bond donors (Lipinski definition) is 4. The first kappa shape index (κ1) is 20.4. The van der Waals surface area contributed by atoms with Gasteiger partial charge in [-0.3, -0.25) is 20.5 Å². The average Bonchev–Trinajstić information content (AvgIpc) is 2.87. The van der Waals surface area contributed by atoms with Gasteiger partial charge in [0.15, 0.2) is 5.17 Å². The number of β-amino-alcohol motifs (C(OH)–C–C–N with tert-alkyl or cyclic N) is 1. The fraction of sp³-hybridized carbons (Fsp3) is 0.824. The van der Waals surface area contributed by atoms with E-state index in [9.17, 15) is 9.90 Å². The topological polar surface area (TPSA) is 110 Å². The third kappa shape index (κ3) is 6.06. The predicted molar refractivity (Wildman–Crippen MR) is 100 cm³/mol.